The summed E-state index contributed by atoms with van der Waals surface area (Å²) in [4.78, 5) is 23.5. The van der Waals surface area contributed by atoms with Gasteiger partial charge in [-0.3, -0.25) is 9.59 Å². The smallest absolute Gasteiger partial charge is 0.255 e. The lowest BCUT2D eigenvalue weighted by Gasteiger charge is -2.20. The Morgan fingerprint density at radius 1 is 1.24 bits per heavy atom. The third-order valence-corrected chi connectivity index (χ3v) is 3.82. The van der Waals surface area contributed by atoms with Crippen LogP contribution in [-0.2, 0) is 4.79 Å². The number of carbonyl (C=O) groups is 2. The summed E-state index contributed by atoms with van der Waals surface area (Å²) in [5.74, 6) is -1.33. The minimum absolute atomic E-state index is 0.0415. The van der Waals surface area contributed by atoms with E-state index >= 15 is 0 Å². The lowest BCUT2D eigenvalue weighted by molar-refractivity contribution is -0.128. The summed E-state index contributed by atoms with van der Waals surface area (Å²) in [6.07, 6.45) is 0. The van der Waals surface area contributed by atoms with Gasteiger partial charge in [0.1, 0.15) is 5.82 Å². The molecule has 0 fully saturated rings. The molecule has 0 aromatic heterocycles. The molecule has 7 heteroatoms. The van der Waals surface area contributed by atoms with E-state index in [9.17, 15) is 14.0 Å². The first kappa shape index (κ1) is 17.7. The highest BCUT2D eigenvalue weighted by atomic mass is 35.5. The predicted octanol–water partition coefficient (Wildman–Crippen LogP) is 2.59. The molecule has 0 bridgehead atoms. The Hall–Kier alpha value is -1.33. The van der Waals surface area contributed by atoms with E-state index in [0.717, 1.165) is 6.07 Å². The van der Waals surface area contributed by atoms with Crippen molar-refractivity contribution < 1.29 is 14.0 Å². The molecule has 0 saturated carbocycles. The molecule has 0 radical (unpaired) electrons. The largest absolute Gasteiger partial charge is 0.354 e. The van der Waals surface area contributed by atoms with Crippen molar-refractivity contribution in [2.24, 2.45) is 5.41 Å². The van der Waals surface area contributed by atoms with E-state index in [1.807, 2.05) is 0 Å². The Morgan fingerprint density at radius 2 is 1.86 bits per heavy atom. The molecule has 1 aromatic rings. The number of rotatable bonds is 6. The maximum atomic E-state index is 13.5. The molecule has 1 rings (SSSR count). The van der Waals surface area contributed by atoms with Gasteiger partial charge < -0.3 is 10.6 Å². The molecule has 0 unspecified atom stereocenters. The zero-order chi connectivity index (χ0) is 16.0. The van der Waals surface area contributed by atoms with Crippen LogP contribution in [0.3, 0.4) is 0 Å². The first-order valence-electron chi connectivity index (χ1n) is 6.36. The lowest BCUT2D eigenvalue weighted by atomic mass is 9.95. The van der Waals surface area contributed by atoms with Crippen LogP contribution in [0.15, 0.2) is 18.2 Å². The van der Waals surface area contributed by atoms with Gasteiger partial charge in [-0.2, -0.15) is 0 Å². The summed E-state index contributed by atoms with van der Waals surface area (Å²) >= 11 is 11.5. The number of nitrogens with one attached hydrogen (secondary N) is 2. The standard InChI is InChI=1S/C14H17Cl2FN2O2/c1-14(2,8-15)13(21)19-7-6-18-12(20)11-9(16)4-3-5-10(11)17/h3-5H,6-8H2,1-2H3,(H,18,20)(H,19,21). The number of halogens is 3. The second-order valence-corrected chi connectivity index (χ2v) is 5.80. The second kappa shape index (κ2) is 7.61. The van der Waals surface area contributed by atoms with Gasteiger partial charge in [-0.15, -0.1) is 11.6 Å². The number of hydrogen-bond acceptors (Lipinski definition) is 2. The third-order valence-electron chi connectivity index (χ3n) is 2.83. The Kier molecular flexibility index (Phi) is 6.42. The maximum absolute atomic E-state index is 13.5. The van der Waals surface area contributed by atoms with Crippen molar-refractivity contribution in [3.8, 4) is 0 Å². The normalized spacial score (nSPS) is 11.1. The molecule has 0 aliphatic heterocycles. The van der Waals surface area contributed by atoms with Crippen LogP contribution in [0.4, 0.5) is 4.39 Å². The van der Waals surface area contributed by atoms with Gasteiger partial charge in [0.05, 0.1) is 16.0 Å². The molecular weight excluding hydrogens is 318 g/mol. The molecule has 0 aliphatic rings. The first-order chi connectivity index (χ1) is 9.79. The predicted molar refractivity (Wildman–Crippen MR) is 81.3 cm³/mol. The van der Waals surface area contributed by atoms with Crippen molar-refractivity contribution in [1.82, 2.24) is 10.6 Å². The molecular formula is C14H17Cl2FN2O2. The summed E-state index contributed by atoms with van der Waals surface area (Å²) in [7, 11) is 0. The zero-order valence-corrected chi connectivity index (χ0v) is 13.3. The van der Waals surface area contributed by atoms with Gasteiger partial charge in [-0.25, -0.2) is 4.39 Å². The Morgan fingerprint density at radius 3 is 2.43 bits per heavy atom. The molecule has 0 heterocycles. The first-order valence-corrected chi connectivity index (χ1v) is 7.27. The van der Waals surface area contributed by atoms with Gasteiger partial charge in [0, 0.05) is 19.0 Å². The van der Waals surface area contributed by atoms with E-state index in [4.69, 9.17) is 23.2 Å². The summed E-state index contributed by atoms with van der Waals surface area (Å²) in [5.41, 5.74) is -0.882. The molecule has 21 heavy (non-hydrogen) atoms. The van der Waals surface area contributed by atoms with Gasteiger partial charge in [0.15, 0.2) is 0 Å². The lowest BCUT2D eigenvalue weighted by Crippen LogP contribution is -2.42. The van der Waals surface area contributed by atoms with Gasteiger partial charge >= 0.3 is 0 Å². The monoisotopic (exact) mass is 334 g/mol. The van der Waals surface area contributed by atoms with Crippen molar-refractivity contribution in [2.45, 2.75) is 13.8 Å². The van der Waals surface area contributed by atoms with Crippen LogP contribution in [0, 0.1) is 11.2 Å². The number of amides is 2. The Bertz CT molecular complexity index is 515. The van der Waals surface area contributed by atoms with E-state index < -0.39 is 17.1 Å². The minimum atomic E-state index is -0.688. The van der Waals surface area contributed by atoms with Crippen LogP contribution >= 0.6 is 23.2 Å². The fourth-order valence-corrected chi connectivity index (χ4v) is 1.83. The Labute approximate surface area is 133 Å². The van der Waals surface area contributed by atoms with E-state index in [-0.39, 0.29) is 35.5 Å². The quantitative estimate of drug-likeness (QED) is 0.620. The fourth-order valence-electron chi connectivity index (χ4n) is 1.46. The fraction of sp³-hybridized carbons (Fsp3) is 0.429. The van der Waals surface area contributed by atoms with Crippen LogP contribution in [-0.4, -0.2) is 30.8 Å². The number of hydrogen-bond donors (Lipinski definition) is 2. The Balaban J connectivity index is 2.47. The van der Waals surface area contributed by atoms with E-state index in [0.29, 0.717) is 0 Å². The van der Waals surface area contributed by atoms with Crippen molar-refractivity contribution >= 4 is 35.0 Å². The summed E-state index contributed by atoms with van der Waals surface area (Å²) in [5, 5.41) is 5.18. The van der Waals surface area contributed by atoms with Crippen molar-refractivity contribution in [2.75, 3.05) is 19.0 Å². The second-order valence-electron chi connectivity index (χ2n) is 5.13. The summed E-state index contributed by atoms with van der Waals surface area (Å²) in [6.45, 7) is 3.81. The van der Waals surface area contributed by atoms with Crippen LogP contribution < -0.4 is 10.6 Å². The van der Waals surface area contributed by atoms with Gasteiger partial charge in [0.2, 0.25) is 5.91 Å². The zero-order valence-electron chi connectivity index (χ0n) is 11.8. The van der Waals surface area contributed by atoms with Crippen LogP contribution in [0.2, 0.25) is 5.02 Å². The third kappa shape index (κ3) is 4.86. The summed E-state index contributed by atoms with van der Waals surface area (Å²) < 4.78 is 13.5. The van der Waals surface area contributed by atoms with Crippen molar-refractivity contribution in [1.29, 1.82) is 0 Å². The van der Waals surface area contributed by atoms with Gasteiger partial charge in [-0.05, 0) is 26.0 Å². The topological polar surface area (TPSA) is 58.2 Å². The maximum Gasteiger partial charge on any atom is 0.255 e. The summed E-state index contributed by atoms with van der Waals surface area (Å²) in [6, 6.07) is 4.01. The van der Waals surface area contributed by atoms with E-state index in [1.165, 1.54) is 12.1 Å². The molecule has 2 N–H and O–H groups in total. The average Bonchev–Trinajstić information content (AvgIpc) is 2.43. The number of benzene rings is 1. The van der Waals surface area contributed by atoms with E-state index in [2.05, 4.69) is 10.6 Å². The van der Waals surface area contributed by atoms with Crippen LogP contribution in [0.1, 0.15) is 24.2 Å². The van der Waals surface area contributed by atoms with Gasteiger partial charge in [-0.1, -0.05) is 17.7 Å². The molecule has 1 aromatic carbocycles. The van der Waals surface area contributed by atoms with E-state index in [1.54, 1.807) is 13.8 Å². The SMILES string of the molecule is CC(C)(CCl)C(=O)NCCNC(=O)c1c(F)cccc1Cl. The highest BCUT2D eigenvalue weighted by Gasteiger charge is 2.25. The molecule has 0 spiro atoms. The van der Waals surface area contributed by atoms with Crippen LogP contribution in [0.5, 0.6) is 0 Å². The molecule has 0 saturated heterocycles. The van der Waals surface area contributed by atoms with Crippen molar-refractivity contribution in [3.05, 3.63) is 34.6 Å². The minimum Gasteiger partial charge on any atom is -0.354 e. The molecule has 2 amide bonds. The highest BCUT2D eigenvalue weighted by molar-refractivity contribution is 6.33. The number of alkyl halides is 1. The molecule has 116 valence electrons. The molecule has 0 atom stereocenters. The highest BCUT2D eigenvalue weighted by Crippen LogP contribution is 2.18. The van der Waals surface area contributed by atoms with Gasteiger partial charge in [0.25, 0.3) is 5.91 Å². The number of carbonyl (C=O) groups excluding carboxylic acids is 2. The molecule has 0 aliphatic carbocycles. The average molecular weight is 335 g/mol. The van der Waals surface area contributed by atoms with Crippen molar-refractivity contribution in [3.63, 3.8) is 0 Å². The molecule has 4 nitrogen and oxygen atoms in total. The van der Waals surface area contributed by atoms with Crippen LogP contribution in [0.25, 0.3) is 0 Å².